The SMILES string of the molecule is CCOc1ccc(C(=O)NNC(=O)C2CC2c2ccccc2Cl)cc1. The van der Waals surface area contributed by atoms with Gasteiger partial charge in [0.2, 0.25) is 5.91 Å². The highest BCUT2D eigenvalue weighted by Crippen LogP contribution is 2.49. The second-order valence-corrected chi connectivity index (χ2v) is 6.28. The van der Waals surface area contributed by atoms with E-state index in [9.17, 15) is 9.59 Å². The average Bonchev–Trinajstić information content (AvgIpc) is 3.41. The minimum absolute atomic E-state index is 0.107. The van der Waals surface area contributed by atoms with Gasteiger partial charge in [0.05, 0.1) is 6.61 Å². The number of rotatable bonds is 5. The van der Waals surface area contributed by atoms with Crippen LogP contribution < -0.4 is 15.6 Å². The lowest BCUT2D eigenvalue weighted by molar-refractivity contribution is -0.123. The third-order valence-electron chi connectivity index (χ3n) is 4.16. The molecule has 0 aromatic heterocycles. The zero-order valence-corrected chi connectivity index (χ0v) is 14.5. The molecule has 1 aliphatic carbocycles. The summed E-state index contributed by atoms with van der Waals surface area (Å²) < 4.78 is 5.33. The number of amides is 2. The molecule has 2 unspecified atom stereocenters. The molecule has 3 rings (SSSR count). The maximum Gasteiger partial charge on any atom is 0.269 e. The minimum atomic E-state index is -0.369. The first-order chi connectivity index (χ1) is 12.1. The van der Waals surface area contributed by atoms with E-state index in [2.05, 4.69) is 10.9 Å². The van der Waals surface area contributed by atoms with E-state index in [1.165, 1.54) is 0 Å². The molecule has 0 radical (unpaired) electrons. The molecule has 2 N–H and O–H groups in total. The Balaban J connectivity index is 1.51. The molecule has 0 saturated heterocycles. The van der Waals surface area contributed by atoms with Crippen LogP contribution in [0.5, 0.6) is 5.75 Å². The van der Waals surface area contributed by atoms with Gasteiger partial charge in [-0.2, -0.15) is 0 Å². The van der Waals surface area contributed by atoms with Crippen LogP contribution in [0.15, 0.2) is 48.5 Å². The van der Waals surface area contributed by atoms with E-state index in [-0.39, 0.29) is 23.7 Å². The van der Waals surface area contributed by atoms with Crippen LogP contribution in [0.1, 0.15) is 35.2 Å². The lowest BCUT2D eigenvalue weighted by atomic mass is 10.1. The summed E-state index contributed by atoms with van der Waals surface area (Å²) >= 11 is 6.16. The highest BCUT2D eigenvalue weighted by atomic mass is 35.5. The Bertz CT molecular complexity index is 776. The van der Waals surface area contributed by atoms with Gasteiger partial charge < -0.3 is 4.74 Å². The lowest BCUT2D eigenvalue weighted by Crippen LogP contribution is -2.42. The molecule has 0 spiro atoms. The van der Waals surface area contributed by atoms with Gasteiger partial charge in [-0.3, -0.25) is 20.4 Å². The summed E-state index contributed by atoms with van der Waals surface area (Å²) in [6, 6.07) is 14.2. The molecule has 25 heavy (non-hydrogen) atoms. The largest absolute Gasteiger partial charge is 0.494 e. The van der Waals surface area contributed by atoms with Gasteiger partial charge >= 0.3 is 0 Å². The van der Waals surface area contributed by atoms with Crippen LogP contribution in [0.2, 0.25) is 5.02 Å². The monoisotopic (exact) mass is 358 g/mol. The van der Waals surface area contributed by atoms with Crippen LogP contribution in [0.4, 0.5) is 0 Å². The van der Waals surface area contributed by atoms with Crippen LogP contribution in [-0.2, 0) is 4.79 Å². The molecular weight excluding hydrogens is 340 g/mol. The van der Waals surface area contributed by atoms with Crippen molar-refractivity contribution in [2.45, 2.75) is 19.3 Å². The van der Waals surface area contributed by atoms with Crippen LogP contribution in [-0.4, -0.2) is 18.4 Å². The molecule has 5 nitrogen and oxygen atoms in total. The van der Waals surface area contributed by atoms with E-state index < -0.39 is 0 Å². The predicted octanol–water partition coefficient (Wildman–Crippen LogP) is 3.30. The Hall–Kier alpha value is -2.53. The second-order valence-electron chi connectivity index (χ2n) is 5.87. The summed E-state index contributed by atoms with van der Waals surface area (Å²) in [5, 5.41) is 0.668. The summed E-state index contributed by atoms with van der Waals surface area (Å²) in [6.07, 6.45) is 0.731. The Labute approximate surface area is 151 Å². The molecule has 2 amide bonds. The van der Waals surface area contributed by atoms with Crippen LogP contribution in [0.25, 0.3) is 0 Å². The smallest absolute Gasteiger partial charge is 0.269 e. The molecule has 2 aromatic rings. The van der Waals surface area contributed by atoms with Crippen molar-refractivity contribution in [2.75, 3.05) is 6.61 Å². The van der Waals surface area contributed by atoms with Gasteiger partial charge in [0.15, 0.2) is 0 Å². The fraction of sp³-hybridized carbons (Fsp3) is 0.263. The van der Waals surface area contributed by atoms with Crippen molar-refractivity contribution in [1.29, 1.82) is 0 Å². The third kappa shape index (κ3) is 4.12. The number of carbonyl (C=O) groups is 2. The summed E-state index contributed by atoms with van der Waals surface area (Å²) in [5.74, 6) is 0.0656. The normalized spacial score (nSPS) is 18.3. The minimum Gasteiger partial charge on any atom is -0.494 e. The number of hydrogen-bond acceptors (Lipinski definition) is 3. The number of halogens is 1. The molecule has 130 valence electrons. The molecule has 2 atom stereocenters. The predicted molar refractivity (Wildman–Crippen MR) is 95.5 cm³/mol. The molecule has 2 aromatic carbocycles. The lowest BCUT2D eigenvalue weighted by Gasteiger charge is -2.08. The van der Waals surface area contributed by atoms with Gasteiger partial charge in [0.1, 0.15) is 5.75 Å². The van der Waals surface area contributed by atoms with E-state index in [0.29, 0.717) is 22.9 Å². The van der Waals surface area contributed by atoms with Crippen molar-refractivity contribution < 1.29 is 14.3 Å². The summed E-state index contributed by atoms with van der Waals surface area (Å²) in [6.45, 7) is 2.46. The van der Waals surface area contributed by atoms with Crippen molar-refractivity contribution >= 4 is 23.4 Å². The second kappa shape index (κ2) is 7.57. The van der Waals surface area contributed by atoms with Crippen LogP contribution in [0.3, 0.4) is 0 Å². The van der Waals surface area contributed by atoms with Gasteiger partial charge in [0.25, 0.3) is 5.91 Å². The zero-order valence-electron chi connectivity index (χ0n) is 13.8. The van der Waals surface area contributed by atoms with E-state index in [1.807, 2.05) is 31.2 Å². The average molecular weight is 359 g/mol. The first-order valence-corrected chi connectivity index (χ1v) is 8.55. The Morgan fingerprint density at radius 2 is 1.84 bits per heavy atom. The molecular formula is C19H19ClN2O3. The highest BCUT2D eigenvalue weighted by Gasteiger charge is 2.44. The first kappa shape index (κ1) is 17.3. The number of hydrogen-bond donors (Lipinski definition) is 2. The molecule has 6 heteroatoms. The summed E-state index contributed by atoms with van der Waals surface area (Å²) in [4.78, 5) is 24.3. The summed E-state index contributed by atoms with van der Waals surface area (Å²) in [7, 11) is 0. The van der Waals surface area contributed by atoms with Crippen molar-refractivity contribution in [3.05, 3.63) is 64.7 Å². The Morgan fingerprint density at radius 3 is 2.52 bits per heavy atom. The maximum absolute atomic E-state index is 12.2. The molecule has 1 aliphatic rings. The van der Waals surface area contributed by atoms with E-state index >= 15 is 0 Å². The van der Waals surface area contributed by atoms with Crippen molar-refractivity contribution in [3.63, 3.8) is 0 Å². The molecule has 1 saturated carbocycles. The molecule has 0 heterocycles. The molecule has 0 aliphatic heterocycles. The van der Waals surface area contributed by atoms with E-state index in [1.54, 1.807) is 24.3 Å². The quantitative estimate of drug-likeness (QED) is 0.806. The first-order valence-electron chi connectivity index (χ1n) is 8.17. The standard InChI is InChI=1S/C19H19ClN2O3/c1-2-25-13-9-7-12(8-10-13)18(23)21-22-19(24)16-11-15(16)14-5-3-4-6-17(14)20/h3-10,15-16H,2,11H2,1H3,(H,21,23)(H,22,24). The number of carbonyl (C=O) groups excluding carboxylic acids is 2. The van der Waals surface area contributed by atoms with Crippen LogP contribution in [0, 0.1) is 5.92 Å². The summed E-state index contributed by atoms with van der Waals surface area (Å²) in [5.41, 5.74) is 6.36. The fourth-order valence-corrected chi connectivity index (χ4v) is 3.03. The van der Waals surface area contributed by atoms with Crippen molar-refractivity contribution in [1.82, 2.24) is 10.9 Å². The van der Waals surface area contributed by atoms with Gasteiger partial charge in [-0.05, 0) is 55.2 Å². The third-order valence-corrected chi connectivity index (χ3v) is 4.50. The van der Waals surface area contributed by atoms with E-state index in [0.717, 1.165) is 12.0 Å². The number of hydrazine groups is 1. The zero-order chi connectivity index (χ0) is 17.8. The molecule has 0 bridgehead atoms. The van der Waals surface area contributed by atoms with Gasteiger partial charge in [-0.1, -0.05) is 29.8 Å². The maximum atomic E-state index is 12.2. The van der Waals surface area contributed by atoms with Crippen LogP contribution >= 0.6 is 11.6 Å². The van der Waals surface area contributed by atoms with Gasteiger partial charge in [-0.15, -0.1) is 0 Å². The van der Waals surface area contributed by atoms with Gasteiger partial charge in [-0.25, -0.2) is 0 Å². The van der Waals surface area contributed by atoms with E-state index in [4.69, 9.17) is 16.3 Å². The Kier molecular flexibility index (Phi) is 5.24. The fourth-order valence-electron chi connectivity index (χ4n) is 2.76. The Morgan fingerprint density at radius 1 is 1.12 bits per heavy atom. The number of benzene rings is 2. The van der Waals surface area contributed by atoms with Gasteiger partial charge in [0, 0.05) is 16.5 Å². The van der Waals surface area contributed by atoms with Crippen molar-refractivity contribution in [3.8, 4) is 5.75 Å². The van der Waals surface area contributed by atoms with Crippen molar-refractivity contribution in [2.24, 2.45) is 5.92 Å². The topological polar surface area (TPSA) is 67.4 Å². The number of nitrogens with one attached hydrogen (secondary N) is 2. The highest BCUT2D eigenvalue weighted by molar-refractivity contribution is 6.31. The number of ether oxygens (including phenoxy) is 1. The molecule has 1 fully saturated rings.